The molecule has 0 N–H and O–H groups in total. The highest BCUT2D eigenvalue weighted by Crippen LogP contribution is 2.21. The van der Waals surface area contributed by atoms with Gasteiger partial charge in [-0.1, -0.05) is 29.8 Å². The quantitative estimate of drug-likeness (QED) is 0.808. The normalized spacial score (nSPS) is 10.3. The van der Waals surface area contributed by atoms with Crippen LogP contribution in [0.4, 0.5) is 4.39 Å². The molecular weight excluding hydrogens is 235 g/mol. The van der Waals surface area contributed by atoms with Crippen molar-refractivity contribution in [1.82, 2.24) is 0 Å². The lowest BCUT2D eigenvalue weighted by Crippen LogP contribution is -1.97. The summed E-state index contributed by atoms with van der Waals surface area (Å²) in [5.74, 6) is -0.130. The number of ether oxygens (including phenoxy) is 1. The fraction of sp³-hybridized carbons (Fsp3) is 0.143. The SMILES string of the molecule is Cc1cccc(COc2ccc(S)cc2F)c1. The maximum Gasteiger partial charge on any atom is 0.166 e. The number of halogens is 1. The molecule has 0 aromatic heterocycles. The van der Waals surface area contributed by atoms with Gasteiger partial charge >= 0.3 is 0 Å². The summed E-state index contributed by atoms with van der Waals surface area (Å²) in [6, 6.07) is 12.6. The minimum absolute atomic E-state index is 0.254. The first-order chi connectivity index (χ1) is 8.15. The second-order valence-corrected chi connectivity index (χ2v) is 4.41. The highest BCUT2D eigenvalue weighted by molar-refractivity contribution is 7.80. The van der Waals surface area contributed by atoms with Crippen molar-refractivity contribution in [3.63, 3.8) is 0 Å². The van der Waals surface area contributed by atoms with Crippen molar-refractivity contribution >= 4 is 12.6 Å². The van der Waals surface area contributed by atoms with Gasteiger partial charge in [-0.3, -0.25) is 0 Å². The summed E-state index contributed by atoms with van der Waals surface area (Å²) in [4.78, 5) is 0.588. The van der Waals surface area contributed by atoms with Crippen LogP contribution in [-0.4, -0.2) is 0 Å². The molecule has 3 heteroatoms. The van der Waals surface area contributed by atoms with E-state index < -0.39 is 0 Å². The summed E-state index contributed by atoms with van der Waals surface area (Å²) < 4.78 is 18.9. The van der Waals surface area contributed by atoms with Crippen LogP contribution in [-0.2, 0) is 6.61 Å². The summed E-state index contributed by atoms with van der Waals surface area (Å²) >= 11 is 4.06. The standard InChI is InChI=1S/C14H13FOS/c1-10-3-2-4-11(7-10)9-16-14-6-5-12(17)8-13(14)15/h2-8,17H,9H2,1H3. The van der Waals surface area contributed by atoms with Crippen molar-refractivity contribution in [2.45, 2.75) is 18.4 Å². The zero-order chi connectivity index (χ0) is 12.3. The van der Waals surface area contributed by atoms with Crippen LogP contribution in [0.5, 0.6) is 5.75 Å². The van der Waals surface area contributed by atoms with Gasteiger partial charge in [0.1, 0.15) is 6.61 Å². The van der Waals surface area contributed by atoms with Crippen molar-refractivity contribution in [2.24, 2.45) is 0 Å². The Morgan fingerprint density at radius 2 is 2.00 bits per heavy atom. The lowest BCUT2D eigenvalue weighted by Gasteiger charge is -2.08. The molecule has 17 heavy (non-hydrogen) atoms. The van der Waals surface area contributed by atoms with E-state index in [-0.39, 0.29) is 11.6 Å². The predicted molar refractivity (Wildman–Crippen MR) is 69.2 cm³/mol. The van der Waals surface area contributed by atoms with E-state index in [4.69, 9.17) is 4.74 Å². The number of benzene rings is 2. The Balaban J connectivity index is 2.07. The molecule has 2 aromatic carbocycles. The van der Waals surface area contributed by atoms with Gasteiger partial charge in [-0.05, 0) is 30.7 Å². The number of aryl methyl sites for hydroxylation is 1. The summed E-state index contributed by atoms with van der Waals surface area (Å²) in [5.41, 5.74) is 2.19. The molecule has 0 saturated carbocycles. The molecule has 0 aliphatic heterocycles. The van der Waals surface area contributed by atoms with Crippen LogP contribution < -0.4 is 4.74 Å². The molecule has 0 fully saturated rings. The maximum atomic E-state index is 13.5. The Bertz CT molecular complexity index is 525. The van der Waals surface area contributed by atoms with Gasteiger partial charge in [-0.2, -0.15) is 0 Å². The average molecular weight is 248 g/mol. The van der Waals surface area contributed by atoms with Crippen LogP contribution in [0.2, 0.25) is 0 Å². The van der Waals surface area contributed by atoms with Crippen LogP contribution >= 0.6 is 12.6 Å². The molecule has 0 atom stereocenters. The minimum Gasteiger partial charge on any atom is -0.486 e. The smallest absolute Gasteiger partial charge is 0.166 e. The second kappa shape index (κ2) is 5.23. The van der Waals surface area contributed by atoms with E-state index in [0.29, 0.717) is 11.5 Å². The van der Waals surface area contributed by atoms with Crippen molar-refractivity contribution in [1.29, 1.82) is 0 Å². The highest BCUT2D eigenvalue weighted by Gasteiger charge is 2.03. The summed E-state index contributed by atoms with van der Waals surface area (Å²) in [6.45, 7) is 2.38. The largest absolute Gasteiger partial charge is 0.486 e. The van der Waals surface area contributed by atoms with Crippen molar-refractivity contribution in [3.8, 4) is 5.75 Å². The Morgan fingerprint density at radius 1 is 1.18 bits per heavy atom. The molecule has 0 aliphatic carbocycles. The lowest BCUT2D eigenvalue weighted by atomic mass is 10.1. The first-order valence-electron chi connectivity index (χ1n) is 5.32. The van der Waals surface area contributed by atoms with Crippen LogP contribution in [0.25, 0.3) is 0 Å². The molecule has 2 aromatic rings. The van der Waals surface area contributed by atoms with Crippen molar-refractivity contribution in [3.05, 3.63) is 59.4 Å². The average Bonchev–Trinajstić information content (AvgIpc) is 2.28. The van der Waals surface area contributed by atoms with Gasteiger partial charge in [0.15, 0.2) is 11.6 Å². The third-order valence-corrected chi connectivity index (χ3v) is 2.67. The van der Waals surface area contributed by atoms with E-state index in [1.165, 1.54) is 6.07 Å². The number of rotatable bonds is 3. The number of hydrogen-bond donors (Lipinski definition) is 1. The van der Waals surface area contributed by atoms with Gasteiger partial charge in [0, 0.05) is 4.90 Å². The van der Waals surface area contributed by atoms with E-state index in [9.17, 15) is 4.39 Å². The van der Waals surface area contributed by atoms with E-state index in [0.717, 1.165) is 11.1 Å². The van der Waals surface area contributed by atoms with Gasteiger partial charge in [0.05, 0.1) is 0 Å². The van der Waals surface area contributed by atoms with E-state index in [1.54, 1.807) is 12.1 Å². The Labute approximate surface area is 106 Å². The fourth-order valence-electron chi connectivity index (χ4n) is 1.57. The molecule has 0 unspecified atom stereocenters. The third-order valence-electron chi connectivity index (χ3n) is 2.39. The van der Waals surface area contributed by atoms with Crippen LogP contribution in [0.15, 0.2) is 47.4 Å². The Morgan fingerprint density at radius 3 is 2.71 bits per heavy atom. The highest BCUT2D eigenvalue weighted by atomic mass is 32.1. The number of hydrogen-bond acceptors (Lipinski definition) is 2. The fourth-order valence-corrected chi connectivity index (χ4v) is 1.76. The van der Waals surface area contributed by atoms with E-state index in [2.05, 4.69) is 12.6 Å². The predicted octanol–water partition coefficient (Wildman–Crippen LogP) is 4.00. The molecule has 0 aliphatic rings. The molecule has 0 heterocycles. The summed E-state index contributed by atoms with van der Waals surface area (Å²) in [5, 5.41) is 0. The maximum absolute atomic E-state index is 13.5. The molecule has 1 nitrogen and oxygen atoms in total. The zero-order valence-corrected chi connectivity index (χ0v) is 10.4. The molecule has 0 amide bonds. The molecule has 88 valence electrons. The van der Waals surface area contributed by atoms with Crippen LogP contribution in [0.3, 0.4) is 0 Å². The molecular formula is C14H13FOS. The van der Waals surface area contributed by atoms with Gasteiger partial charge in [0.25, 0.3) is 0 Å². The number of thiol groups is 1. The first-order valence-corrected chi connectivity index (χ1v) is 5.77. The lowest BCUT2D eigenvalue weighted by molar-refractivity contribution is 0.290. The van der Waals surface area contributed by atoms with Gasteiger partial charge < -0.3 is 4.74 Å². The molecule has 0 radical (unpaired) electrons. The summed E-state index contributed by atoms with van der Waals surface area (Å²) in [6.07, 6.45) is 0. The Hall–Kier alpha value is -1.48. The topological polar surface area (TPSA) is 9.23 Å². The summed E-state index contributed by atoms with van der Waals surface area (Å²) in [7, 11) is 0. The second-order valence-electron chi connectivity index (χ2n) is 3.89. The van der Waals surface area contributed by atoms with E-state index >= 15 is 0 Å². The molecule has 0 saturated heterocycles. The van der Waals surface area contributed by atoms with Gasteiger partial charge in [-0.15, -0.1) is 12.6 Å². The molecule has 2 rings (SSSR count). The molecule has 0 spiro atoms. The zero-order valence-electron chi connectivity index (χ0n) is 9.48. The van der Waals surface area contributed by atoms with Gasteiger partial charge in [-0.25, -0.2) is 4.39 Å². The monoisotopic (exact) mass is 248 g/mol. The third kappa shape index (κ3) is 3.24. The van der Waals surface area contributed by atoms with E-state index in [1.807, 2.05) is 31.2 Å². The van der Waals surface area contributed by atoms with Gasteiger partial charge in [0.2, 0.25) is 0 Å². The van der Waals surface area contributed by atoms with Crippen molar-refractivity contribution < 1.29 is 9.13 Å². The minimum atomic E-state index is -0.384. The molecule has 0 bridgehead atoms. The van der Waals surface area contributed by atoms with Crippen LogP contribution in [0, 0.1) is 12.7 Å². The Kier molecular flexibility index (Phi) is 3.69. The van der Waals surface area contributed by atoms with Crippen LogP contribution in [0.1, 0.15) is 11.1 Å². The first kappa shape index (κ1) is 12.0. The van der Waals surface area contributed by atoms with Crippen molar-refractivity contribution in [2.75, 3.05) is 0 Å².